The Labute approximate surface area is 220 Å². The zero-order chi connectivity index (χ0) is 28.2. The normalized spacial score (nSPS) is 15.6. The number of anilines is 3. The number of hydrogen-bond donors (Lipinski definition) is 3. The number of fused-ring (bicyclic) bond motifs is 2. The highest BCUT2D eigenvalue weighted by atomic mass is 19.1. The highest BCUT2D eigenvalue weighted by Gasteiger charge is 2.41. The van der Waals surface area contributed by atoms with Crippen LogP contribution in [0.15, 0.2) is 24.5 Å². The van der Waals surface area contributed by atoms with Gasteiger partial charge in [0.15, 0.2) is 5.82 Å². The molecule has 3 heterocycles. The van der Waals surface area contributed by atoms with E-state index in [1.165, 1.54) is 17.3 Å². The molecule has 0 saturated heterocycles. The predicted molar refractivity (Wildman–Crippen MR) is 143 cm³/mol. The molecule has 1 aliphatic rings. The van der Waals surface area contributed by atoms with E-state index in [-0.39, 0.29) is 35.2 Å². The van der Waals surface area contributed by atoms with Gasteiger partial charge >= 0.3 is 12.2 Å². The topological polar surface area (TPSA) is 140 Å². The summed E-state index contributed by atoms with van der Waals surface area (Å²) in [5, 5.41) is 13.5. The van der Waals surface area contributed by atoms with Crippen LogP contribution in [0.25, 0.3) is 21.9 Å². The molecule has 10 nitrogen and oxygen atoms in total. The third-order valence-electron chi connectivity index (χ3n) is 6.31. The minimum atomic E-state index is -1.17. The van der Waals surface area contributed by atoms with Crippen LogP contribution in [0.4, 0.5) is 31.2 Å². The number of rotatable bonds is 2. The molecule has 0 spiro atoms. The van der Waals surface area contributed by atoms with Crippen LogP contribution in [0.2, 0.25) is 0 Å². The van der Waals surface area contributed by atoms with Crippen LogP contribution in [-0.4, -0.2) is 45.5 Å². The maximum atomic E-state index is 16.2. The Hall–Kier alpha value is -4.15. The number of halogens is 1. The van der Waals surface area contributed by atoms with Crippen LogP contribution >= 0.6 is 0 Å². The van der Waals surface area contributed by atoms with Crippen molar-refractivity contribution in [3.63, 3.8) is 0 Å². The van der Waals surface area contributed by atoms with Crippen molar-refractivity contribution in [2.45, 2.75) is 60.1 Å². The molecule has 4 N–H and O–H groups in total. The number of nitrogens with one attached hydrogen (secondary N) is 1. The molecule has 1 aliphatic heterocycles. The maximum absolute atomic E-state index is 16.2. The van der Waals surface area contributed by atoms with Gasteiger partial charge in [-0.3, -0.25) is 10.2 Å². The molecule has 11 heteroatoms. The van der Waals surface area contributed by atoms with Gasteiger partial charge in [0, 0.05) is 28.9 Å². The van der Waals surface area contributed by atoms with Crippen LogP contribution < -0.4 is 20.7 Å². The van der Waals surface area contributed by atoms with E-state index in [0.29, 0.717) is 21.9 Å². The Balaban J connectivity index is 1.94. The first-order chi connectivity index (χ1) is 17.6. The molecule has 1 atom stereocenters. The van der Waals surface area contributed by atoms with E-state index in [1.807, 2.05) is 20.8 Å². The number of carbonyl (C=O) groups excluding carboxylic acids is 1. The number of nitrogens with two attached hydrogens (primary N) is 1. The van der Waals surface area contributed by atoms with Crippen molar-refractivity contribution in [2.24, 2.45) is 5.41 Å². The molecule has 38 heavy (non-hydrogen) atoms. The van der Waals surface area contributed by atoms with Crippen LogP contribution in [0.1, 0.15) is 47.1 Å². The monoisotopic (exact) mass is 525 g/mol. The first-order valence-electron chi connectivity index (χ1n) is 12.1. The summed E-state index contributed by atoms with van der Waals surface area (Å²) in [5.41, 5.74) is 5.62. The third-order valence-corrected chi connectivity index (χ3v) is 6.31. The van der Waals surface area contributed by atoms with Crippen LogP contribution in [0.5, 0.6) is 5.88 Å². The fraction of sp³-hybridized carbons (Fsp3) is 0.407. The fourth-order valence-corrected chi connectivity index (χ4v) is 4.50. The van der Waals surface area contributed by atoms with E-state index in [0.717, 1.165) is 0 Å². The summed E-state index contributed by atoms with van der Waals surface area (Å²) in [6.07, 6.45) is 0.792. The van der Waals surface area contributed by atoms with E-state index in [4.69, 9.17) is 15.2 Å². The van der Waals surface area contributed by atoms with Gasteiger partial charge in [-0.25, -0.2) is 23.9 Å². The number of amides is 2. The van der Waals surface area contributed by atoms with Gasteiger partial charge in [-0.2, -0.15) is 0 Å². The lowest BCUT2D eigenvalue weighted by Gasteiger charge is -2.42. The van der Waals surface area contributed by atoms with E-state index in [9.17, 15) is 14.7 Å². The Morgan fingerprint density at radius 2 is 1.84 bits per heavy atom. The van der Waals surface area contributed by atoms with Gasteiger partial charge < -0.3 is 20.3 Å². The highest BCUT2D eigenvalue weighted by Crippen LogP contribution is 2.45. The standard InChI is InChI=1S/C27H32FN5O5/c1-13-16(10-31-23-22(13)33(25(35)36)18(12-37-23)26(2,3)4)15-8-14-9-19(29)30-11-17(14)21(20(15)28)32-24(34)38-27(5,6)7/h8-11,18H,12H2,1-7H3,(H2,29,30)(H,32,34)(H,35,36). The number of ether oxygens (including phenoxy) is 2. The summed E-state index contributed by atoms with van der Waals surface area (Å²) in [6.45, 7) is 12.7. The number of carbonyl (C=O) groups is 2. The van der Waals surface area contributed by atoms with Crippen molar-refractivity contribution in [3.05, 3.63) is 35.9 Å². The zero-order valence-electron chi connectivity index (χ0n) is 22.5. The van der Waals surface area contributed by atoms with E-state index in [2.05, 4.69) is 15.3 Å². The zero-order valence-corrected chi connectivity index (χ0v) is 22.5. The number of pyridine rings is 2. The van der Waals surface area contributed by atoms with Crippen molar-refractivity contribution >= 4 is 40.2 Å². The maximum Gasteiger partial charge on any atom is 0.412 e. The Morgan fingerprint density at radius 1 is 1.16 bits per heavy atom. The van der Waals surface area contributed by atoms with Crippen molar-refractivity contribution in [1.29, 1.82) is 0 Å². The molecule has 2 aromatic heterocycles. The van der Waals surface area contributed by atoms with Crippen molar-refractivity contribution in [1.82, 2.24) is 9.97 Å². The molecule has 0 fully saturated rings. The smallest absolute Gasteiger partial charge is 0.412 e. The van der Waals surface area contributed by atoms with E-state index < -0.39 is 35.1 Å². The number of nitrogen functional groups attached to an aromatic ring is 1. The minimum Gasteiger partial charge on any atom is -0.474 e. The van der Waals surface area contributed by atoms with Crippen LogP contribution in [0.3, 0.4) is 0 Å². The summed E-state index contributed by atoms with van der Waals surface area (Å²) in [4.78, 5) is 34.7. The fourth-order valence-electron chi connectivity index (χ4n) is 4.50. The molecule has 202 valence electrons. The SMILES string of the molecule is Cc1c(-c2cc3cc(N)ncc3c(NC(=O)OC(C)(C)C)c2F)cnc2c1N(C(=O)O)C(C(C)(C)C)CO2. The molecule has 0 aliphatic carbocycles. The van der Waals surface area contributed by atoms with Gasteiger partial charge in [0.2, 0.25) is 5.88 Å². The van der Waals surface area contributed by atoms with Gasteiger partial charge in [-0.15, -0.1) is 0 Å². The van der Waals surface area contributed by atoms with Gasteiger partial charge in [0.05, 0.1) is 11.7 Å². The average Bonchev–Trinajstić information content (AvgIpc) is 2.78. The largest absolute Gasteiger partial charge is 0.474 e. The molecule has 2 amide bonds. The lowest BCUT2D eigenvalue weighted by atomic mass is 9.85. The molecule has 0 bridgehead atoms. The highest BCUT2D eigenvalue weighted by molar-refractivity contribution is 6.04. The summed E-state index contributed by atoms with van der Waals surface area (Å²) < 4.78 is 27.4. The number of benzene rings is 1. The first-order valence-corrected chi connectivity index (χ1v) is 12.1. The molecule has 1 unspecified atom stereocenters. The molecular formula is C27H32FN5O5. The van der Waals surface area contributed by atoms with Crippen molar-refractivity contribution < 1.29 is 28.6 Å². The molecule has 3 aromatic rings. The van der Waals surface area contributed by atoms with E-state index in [1.54, 1.807) is 39.8 Å². The van der Waals surface area contributed by atoms with Crippen molar-refractivity contribution in [3.8, 4) is 17.0 Å². The predicted octanol–water partition coefficient (Wildman–Crippen LogP) is 5.97. The van der Waals surface area contributed by atoms with Crippen LogP contribution in [-0.2, 0) is 4.74 Å². The summed E-state index contributed by atoms with van der Waals surface area (Å²) >= 11 is 0. The Kier molecular flexibility index (Phi) is 6.59. The minimum absolute atomic E-state index is 0.0881. The summed E-state index contributed by atoms with van der Waals surface area (Å²) in [5.74, 6) is -0.404. The van der Waals surface area contributed by atoms with Gasteiger partial charge in [-0.05, 0) is 56.2 Å². The molecule has 0 saturated carbocycles. The number of carboxylic acid groups (broad SMARTS) is 1. The Bertz CT molecular complexity index is 1440. The Morgan fingerprint density at radius 3 is 2.45 bits per heavy atom. The first kappa shape index (κ1) is 26.9. The lowest BCUT2D eigenvalue weighted by molar-refractivity contribution is 0.0635. The molecule has 1 aromatic carbocycles. The van der Waals surface area contributed by atoms with E-state index >= 15 is 4.39 Å². The number of nitrogens with zero attached hydrogens (tertiary/aromatic N) is 3. The quantitative estimate of drug-likeness (QED) is 0.372. The van der Waals surface area contributed by atoms with Gasteiger partial charge in [0.1, 0.15) is 23.7 Å². The van der Waals surface area contributed by atoms with Gasteiger partial charge in [-0.1, -0.05) is 20.8 Å². The third kappa shape index (κ3) is 5.00. The molecular weight excluding hydrogens is 493 g/mol. The molecule has 4 rings (SSSR count). The second-order valence-corrected chi connectivity index (χ2v) is 11.4. The second-order valence-electron chi connectivity index (χ2n) is 11.4. The molecule has 0 radical (unpaired) electrons. The lowest BCUT2D eigenvalue weighted by Crippen LogP contribution is -2.53. The van der Waals surface area contributed by atoms with Gasteiger partial charge in [0.25, 0.3) is 0 Å². The van der Waals surface area contributed by atoms with Crippen LogP contribution in [0, 0.1) is 18.2 Å². The van der Waals surface area contributed by atoms with Crippen molar-refractivity contribution in [2.75, 3.05) is 22.6 Å². The summed E-state index contributed by atoms with van der Waals surface area (Å²) in [6, 6.07) is 2.62. The number of aromatic nitrogens is 2. The summed E-state index contributed by atoms with van der Waals surface area (Å²) in [7, 11) is 0. The average molecular weight is 526 g/mol. The number of hydrogen-bond acceptors (Lipinski definition) is 7. The second kappa shape index (κ2) is 9.30.